The molecule has 0 radical (unpaired) electrons. The van der Waals surface area contributed by atoms with Crippen LogP contribution in [0.3, 0.4) is 0 Å². The molecule has 0 amide bonds. The van der Waals surface area contributed by atoms with E-state index < -0.39 is 23.9 Å². The molecule has 0 atom stereocenters. The molecular formula is C24H15O8Th-. The molecule has 0 heterocycles. The second kappa shape index (κ2) is 11.0. The number of carbonyl (C=O) groups is 4. The maximum absolute atomic E-state index is 10.9. The van der Waals surface area contributed by atoms with Crippen LogP contribution in [-0.4, -0.2) is 39.2 Å². The van der Waals surface area contributed by atoms with Crippen molar-refractivity contribution in [3.05, 3.63) is 95.1 Å². The van der Waals surface area contributed by atoms with Gasteiger partial charge in [-0.1, -0.05) is 54.6 Å². The molecule has 9 heteroatoms. The van der Waals surface area contributed by atoms with Gasteiger partial charge in [0.1, 0.15) is 0 Å². The van der Waals surface area contributed by atoms with Crippen LogP contribution in [0, 0.1) is 39.9 Å². The fraction of sp³-hybridized carbons (Fsp3) is 0. The molecule has 4 aromatic carbocycles. The van der Waals surface area contributed by atoms with Gasteiger partial charge in [-0.25, -0.2) is 14.4 Å². The van der Waals surface area contributed by atoms with E-state index >= 15 is 0 Å². The molecule has 3 N–H and O–H groups in total. The van der Waals surface area contributed by atoms with E-state index in [-0.39, 0.29) is 62.2 Å². The Balaban J connectivity index is 0.000000227. The molecule has 0 saturated carbocycles. The SMILES string of the molecule is O=C(O)c1cccc2c(C(=O)O)cccc12.O=C([O-])c1cccc2c(C(=O)O)cccc12.[Th]. The molecule has 0 aliphatic heterocycles. The summed E-state index contributed by atoms with van der Waals surface area (Å²) in [4.78, 5) is 43.7. The fourth-order valence-electron chi connectivity index (χ4n) is 3.36. The Morgan fingerprint density at radius 1 is 0.485 bits per heavy atom. The second-order valence-electron chi connectivity index (χ2n) is 6.62. The minimum absolute atomic E-state index is 0. The molecule has 0 aliphatic carbocycles. The van der Waals surface area contributed by atoms with Crippen molar-refractivity contribution in [3.63, 3.8) is 0 Å². The Morgan fingerprint density at radius 3 is 0.970 bits per heavy atom. The summed E-state index contributed by atoms with van der Waals surface area (Å²) in [5.74, 6) is -4.52. The van der Waals surface area contributed by atoms with Gasteiger partial charge in [0.15, 0.2) is 0 Å². The first-order valence-electron chi connectivity index (χ1n) is 9.17. The largest absolute Gasteiger partial charge is 0.545 e. The fourth-order valence-corrected chi connectivity index (χ4v) is 3.36. The molecule has 0 aliphatic rings. The van der Waals surface area contributed by atoms with Gasteiger partial charge in [0, 0.05) is 45.5 Å². The van der Waals surface area contributed by atoms with Crippen LogP contribution in [0.5, 0.6) is 0 Å². The number of hydrogen-bond acceptors (Lipinski definition) is 5. The maximum atomic E-state index is 10.9. The molecular weight excluding hydrogens is 648 g/mol. The standard InChI is InChI=1S/2C12H8O4.Th/c2*13-11(14)9-5-1-3-7-8(9)4-2-6-10(7)12(15)16;/h2*1-6H,(H,13,14)(H,15,16);/p-1. The van der Waals surface area contributed by atoms with Crippen LogP contribution < -0.4 is 5.11 Å². The number of benzene rings is 4. The minimum atomic E-state index is -1.31. The molecule has 4 aromatic rings. The van der Waals surface area contributed by atoms with Crippen LogP contribution in [0.25, 0.3) is 21.5 Å². The number of carbonyl (C=O) groups excluding carboxylic acids is 1. The van der Waals surface area contributed by atoms with Crippen molar-refractivity contribution in [2.75, 3.05) is 0 Å². The maximum Gasteiger partial charge on any atom is 0.336 e. The average molecular weight is 663 g/mol. The summed E-state index contributed by atoms with van der Waals surface area (Å²) in [6, 6.07) is 18.2. The molecule has 0 aromatic heterocycles. The Bertz CT molecular complexity index is 1180. The molecule has 8 nitrogen and oxygen atoms in total. The molecule has 33 heavy (non-hydrogen) atoms. The number of rotatable bonds is 4. The molecule has 0 saturated heterocycles. The van der Waals surface area contributed by atoms with Crippen LogP contribution >= 0.6 is 0 Å². The van der Waals surface area contributed by atoms with Gasteiger partial charge in [0.05, 0.1) is 22.7 Å². The van der Waals surface area contributed by atoms with E-state index in [0.29, 0.717) is 21.5 Å². The van der Waals surface area contributed by atoms with Crippen molar-refractivity contribution in [1.82, 2.24) is 0 Å². The van der Waals surface area contributed by atoms with Gasteiger partial charge in [-0.3, -0.25) is 0 Å². The Kier molecular flexibility index (Phi) is 8.59. The summed E-state index contributed by atoms with van der Waals surface area (Å²) < 4.78 is 0. The van der Waals surface area contributed by atoms with E-state index in [4.69, 9.17) is 15.3 Å². The van der Waals surface area contributed by atoms with Crippen LogP contribution in [-0.2, 0) is 0 Å². The summed E-state index contributed by atoms with van der Waals surface area (Å²) in [5.41, 5.74) is 0.308. The topological polar surface area (TPSA) is 152 Å². The number of hydrogen-bond donors (Lipinski definition) is 3. The van der Waals surface area contributed by atoms with Gasteiger partial charge in [-0.2, -0.15) is 0 Å². The first-order valence-corrected chi connectivity index (χ1v) is 9.17. The minimum Gasteiger partial charge on any atom is -0.545 e. The first kappa shape index (κ1) is 25.9. The van der Waals surface area contributed by atoms with Gasteiger partial charge < -0.3 is 25.2 Å². The van der Waals surface area contributed by atoms with Gasteiger partial charge in [-0.05, 0) is 39.7 Å². The Hall–Kier alpha value is -3.40. The molecule has 0 spiro atoms. The van der Waals surface area contributed by atoms with E-state index in [1.165, 1.54) is 48.5 Å². The number of carboxylic acids is 4. The smallest absolute Gasteiger partial charge is 0.336 e. The van der Waals surface area contributed by atoms with Gasteiger partial charge in [0.25, 0.3) is 0 Å². The second-order valence-corrected chi connectivity index (χ2v) is 6.62. The van der Waals surface area contributed by atoms with Crippen molar-refractivity contribution in [2.24, 2.45) is 0 Å². The van der Waals surface area contributed by atoms with Crippen LogP contribution in [0.1, 0.15) is 41.4 Å². The van der Waals surface area contributed by atoms with Gasteiger partial charge in [-0.15, -0.1) is 0 Å². The third-order valence-electron chi connectivity index (χ3n) is 4.76. The number of carboxylic acid groups (broad SMARTS) is 4. The number of fused-ring (bicyclic) bond motifs is 2. The zero-order valence-electron chi connectivity index (χ0n) is 16.8. The van der Waals surface area contributed by atoms with Crippen molar-refractivity contribution < 1.29 is 79.5 Å². The van der Waals surface area contributed by atoms with Crippen molar-refractivity contribution >= 4 is 45.4 Å². The predicted molar refractivity (Wildman–Crippen MR) is 113 cm³/mol. The summed E-state index contributed by atoms with van der Waals surface area (Å²) in [5, 5.41) is 39.4. The zero-order valence-corrected chi connectivity index (χ0v) is 20.9. The first-order chi connectivity index (χ1) is 15.2. The van der Waals surface area contributed by atoms with E-state index in [0.717, 1.165) is 0 Å². The average Bonchev–Trinajstić information content (AvgIpc) is 2.77. The summed E-state index contributed by atoms with van der Waals surface area (Å²) >= 11 is 0. The normalized spacial score (nSPS) is 9.94. The Labute approximate surface area is 218 Å². The summed E-state index contributed by atoms with van der Waals surface area (Å²) in [7, 11) is 0. The van der Waals surface area contributed by atoms with E-state index in [1.807, 2.05) is 0 Å². The molecule has 0 fully saturated rings. The van der Waals surface area contributed by atoms with Crippen LogP contribution in [0.15, 0.2) is 72.8 Å². The van der Waals surface area contributed by atoms with Gasteiger partial charge in [0.2, 0.25) is 0 Å². The van der Waals surface area contributed by atoms with Crippen molar-refractivity contribution in [2.45, 2.75) is 0 Å². The zero-order chi connectivity index (χ0) is 23.4. The van der Waals surface area contributed by atoms with E-state index in [9.17, 15) is 24.3 Å². The van der Waals surface area contributed by atoms with Crippen LogP contribution in [0.2, 0.25) is 0 Å². The molecule has 4 rings (SSSR count). The van der Waals surface area contributed by atoms with E-state index in [2.05, 4.69) is 0 Å². The molecule has 0 bridgehead atoms. The van der Waals surface area contributed by atoms with Crippen molar-refractivity contribution in [3.8, 4) is 0 Å². The summed E-state index contributed by atoms with van der Waals surface area (Å²) in [6.07, 6.45) is 0. The molecule has 0 unspecified atom stereocenters. The Morgan fingerprint density at radius 2 is 0.727 bits per heavy atom. The third-order valence-corrected chi connectivity index (χ3v) is 4.76. The quantitative estimate of drug-likeness (QED) is 0.301. The van der Waals surface area contributed by atoms with Gasteiger partial charge >= 0.3 is 17.9 Å². The van der Waals surface area contributed by atoms with Crippen molar-refractivity contribution in [1.29, 1.82) is 0 Å². The van der Waals surface area contributed by atoms with E-state index in [1.54, 1.807) is 24.3 Å². The number of aromatic carboxylic acids is 4. The van der Waals surface area contributed by atoms with Crippen LogP contribution in [0.4, 0.5) is 0 Å². The third kappa shape index (κ3) is 5.51. The predicted octanol–water partition coefficient (Wildman–Crippen LogP) is 3.14. The monoisotopic (exact) mass is 663 g/mol. The summed E-state index contributed by atoms with van der Waals surface area (Å²) in [6.45, 7) is 0. The molecule has 164 valence electrons.